The number of anilines is 1. The van der Waals surface area contributed by atoms with Crippen molar-refractivity contribution < 1.29 is 19.1 Å². The van der Waals surface area contributed by atoms with Crippen LogP contribution in [0.3, 0.4) is 0 Å². The van der Waals surface area contributed by atoms with E-state index in [1.807, 2.05) is 13.0 Å². The zero-order valence-electron chi connectivity index (χ0n) is 14.9. The number of rotatable bonds is 7. The molecular weight excluding hydrogens is 352 g/mol. The van der Waals surface area contributed by atoms with Crippen LogP contribution in [0.25, 0.3) is 0 Å². The lowest BCUT2D eigenvalue weighted by Gasteiger charge is -2.14. The molecule has 0 spiro atoms. The quantitative estimate of drug-likeness (QED) is 0.748. The average Bonchev–Trinajstić information content (AvgIpc) is 3.05. The maximum Gasteiger partial charge on any atom is 0.341 e. The predicted molar refractivity (Wildman–Crippen MR) is 99.5 cm³/mol. The Kier molecular flexibility index (Phi) is 6.75. The molecule has 1 N–H and O–H groups in total. The van der Waals surface area contributed by atoms with Crippen molar-refractivity contribution in [2.45, 2.75) is 33.3 Å². The summed E-state index contributed by atoms with van der Waals surface area (Å²) in [5.74, 6) is -0.346. The van der Waals surface area contributed by atoms with Crippen LogP contribution in [0.5, 0.6) is 5.75 Å². The number of ether oxygens (including phenoxy) is 2. The van der Waals surface area contributed by atoms with Gasteiger partial charge >= 0.3 is 5.97 Å². The molecule has 1 unspecified atom stereocenters. The Morgan fingerprint density at radius 3 is 2.54 bits per heavy atom. The van der Waals surface area contributed by atoms with Gasteiger partial charge in [-0.05, 0) is 50.6 Å². The normalized spacial score (nSPS) is 11.3. The van der Waals surface area contributed by atoms with E-state index in [9.17, 15) is 9.59 Å². The van der Waals surface area contributed by atoms with E-state index in [1.54, 1.807) is 44.2 Å². The first-order chi connectivity index (χ1) is 12.5. The van der Waals surface area contributed by atoms with E-state index in [-0.39, 0.29) is 12.5 Å². The summed E-state index contributed by atoms with van der Waals surface area (Å²) in [5, 5.41) is 12.0. The largest absolute Gasteiger partial charge is 0.481 e. The minimum atomic E-state index is -0.773. The number of benzene rings is 1. The lowest BCUT2D eigenvalue weighted by molar-refractivity contribution is -0.122. The lowest BCUT2D eigenvalue weighted by atomic mass is 10.2. The third-order valence-corrected chi connectivity index (χ3v) is 4.72. The zero-order valence-corrected chi connectivity index (χ0v) is 15.7. The molecular formula is C19H20N2O4S. The molecule has 1 aromatic heterocycles. The Bertz CT molecular complexity index is 821. The van der Waals surface area contributed by atoms with Crippen molar-refractivity contribution in [1.29, 1.82) is 5.26 Å². The van der Waals surface area contributed by atoms with Gasteiger partial charge in [-0.2, -0.15) is 5.26 Å². The van der Waals surface area contributed by atoms with E-state index >= 15 is 0 Å². The SMILES string of the molecule is CCOC(=O)c1cc(CC)sc1NC(=O)C(C)Oc1ccc(C#N)cc1. The standard InChI is InChI=1S/C19H20N2O4S/c1-4-15-10-16(19(23)24-5-2)18(26-15)21-17(22)12(3)25-14-8-6-13(11-20)7-9-14/h6-10,12H,4-5H2,1-3H3,(H,21,22). The van der Waals surface area contributed by atoms with E-state index in [4.69, 9.17) is 14.7 Å². The summed E-state index contributed by atoms with van der Waals surface area (Å²) in [7, 11) is 0. The molecule has 2 rings (SSSR count). The minimum Gasteiger partial charge on any atom is -0.481 e. The summed E-state index contributed by atoms with van der Waals surface area (Å²) < 4.78 is 10.6. The van der Waals surface area contributed by atoms with E-state index in [1.165, 1.54) is 11.3 Å². The van der Waals surface area contributed by atoms with Crippen LogP contribution in [0.1, 0.15) is 41.6 Å². The van der Waals surface area contributed by atoms with Gasteiger partial charge in [0.2, 0.25) is 0 Å². The van der Waals surface area contributed by atoms with Gasteiger partial charge in [-0.1, -0.05) is 6.92 Å². The number of amides is 1. The monoisotopic (exact) mass is 372 g/mol. The maximum atomic E-state index is 12.4. The van der Waals surface area contributed by atoms with Crippen molar-refractivity contribution in [2.24, 2.45) is 0 Å². The van der Waals surface area contributed by atoms with Gasteiger partial charge in [-0.15, -0.1) is 11.3 Å². The molecule has 1 amide bonds. The molecule has 26 heavy (non-hydrogen) atoms. The van der Waals surface area contributed by atoms with Crippen LogP contribution in [0.15, 0.2) is 30.3 Å². The van der Waals surface area contributed by atoms with Crippen LogP contribution in [0.4, 0.5) is 5.00 Å². The van der Waals surface area contributed by atoms with E-state index < -0.39 is 12.1 Å². The highest BCUT2D eigenvalue weighted by Crippen LogP contribution is 2.29. The molecule has 1 aromatic carbocycles. The van der Waals surface area contributed by atoms with Crippen molar-refractivity contribution in [3.05, 3.63) is 46.3 Å². The highest BCUT2D eigenvalue weighted by Gasteiger charge is 2.22. The summed E-state index contributed by atoms with van der Waals surface area (Å²) >= 11 is 1.35. The summed E-state index contributed by atoms with van der Waals surface area (Å²) in [5.41, 5.74) is 0.867. The van der Waals surface area contributed by atoms with Crippen LogP contribution in [-0.2, 0) is 16.0 Å². The summed E-state index contributed by atoms with van der Waals surface area (Å²) in [6.07, 6.45) is -0.0188. The summed E-state index contributed by atoms with van der Waals surface area (Å²) in [6, 6.07) is 10.3. The molecule has 0 bridgehead atoms. The first kappa shape index (κ1) is 19.5. The second-order valence-corrected chi connectivity index (χ2v) is 6.55. The molecule has 7 heteroatoms. The number of hydrogen-bond donors (Lipinski definition) is 1. The molecule has 6 nitrogen and oxygen atoms in total. The Balaban J connectivity index is 2.09. The Morgan fingerprint density at radius 1 is 1.27 bits per heavy atom. The molecule has 1 heterocycles. The van der Waals surface area contributed by atoms with Crippen LogP contribution in [0, 0.1) is 11.3 Å². The van der Waals surface area contributed by atoms with Crippen LogP contribution in [0.2, 0.25) is 0 Å². The van der Waals surface area contributed by atoms with Crippen LogP contribution in [-0.4, -0.2) is 24.6 Å². The van der Waals surface area contributed by atoms with Crippen molar-refractivity contribution >= 4 is 28.2 Å². The molecule has 0 saturated heterocycles. The van der Waals surface area contributed by atoms with Gasteiger partial charge in [0.25, 0.3) is 5.91 Å². The number of hydrogen-bond acceptors (Lipinski definition) is 6. The molecule has 1 atom stereocenters. The minimum absolute atomic E-state index is 0.266. The topological polar surface area (TPSA) is 88.4 Å². The number of esters is 1. The fourth-order valence-corrected chi connectivity index (χ4v) is 3.14. The predicted octanol–water partition coefficient (Wildman–Crippen LogP) is 3.76. The number of carbonyl (C=O) groups is 2. The first-order valence-electron chi connectivity index (χ1n) is 8.26. The van der Waals surface area contributed by atoms with Gasteiger partial charge in [0, 0.05) is 4.88 Å². The fraction of sp³-hybridized carbons (Fsp3) is 0.316. The number of thiophene rings is 1. The molecule has 136 valence electrons. The number of nitriles is 1. The zero-order chi connectivity index (χ0) is 19.1. The van der Waals surface area contributed by atoms with Crippen molar-refractivity contribution in [3.63, 3.8) is 0 Å². The molecule has 0 fully saturated rings. The number of nitrogens with one attached hydrogen (secondary N) is 1. The Morgan fingerprint density at radius 2 is 1.96 bits per heavy atom. The third-order valence-electron chi connectivity index (χ3n) is 3.53. The highest BCUT2D eigenvalue weighted by molar-refractivity contribution is 7.16. The van der Waals surface area contributed by atoms with Gasteiger partial charge in [-0.25, -0.2) is 4.79 Å². The van der Waals surface area contributed by atoms with E-state index in [0.29, 0.717) is 21.9 Å². The lowest BCUT2D eigenvalue weighted by Crippen LogP contribution is -2.30. The van der Waals surface area contributed by atoms with Crippen molar-refractivity contribution in [3.8, 4) is 11.8 Å². The van der Waals surface area contributed by atoms with Gasteiger partial charge in [0.05, 0.1) is 23.8 Å². The summed E-state index contributed by atoms with van der Waals surface area (Å²) in [6.45, 7) is 5.59. The second kappa shape index (κ2) is 9.02. The van der Waals surface area contributed by atoms with Gasteiger partial charge < -0.3 is 14.8 Å². The van der Waals surface area contributed by atoms with E-state index in [2.05, 4.69) is 5.32 Å². The fourth-order valence-electron chi connectivity index (χ4n) is 2.15. The number of carbonyl (C=O) groups excluding carboxylic acids is 2. The molecule has 0 aliphatic carbocycles. The Labute approximate surface area is 156 Å². The smallest absolute Gasteiger partial charge is 0.341 e. The second-order valence-electron chi connectivity index (χ2n) is 5.42. The molecule has 2 aromatic rings. The third kappa shape index (κ3) is 4.83. The number of aryl methyl sites for hydroxylation is 1. The van der Waals surface area contributed by atoms with Crippen molar-refractivity contribution in [2.75, 3.05) is 11.9 Å². The molecule has 0 aliphatic rings. The van der Waals surface area contributed by atoms with Gasteiger partial charge in [0.1, 0.15) is 10.8 Å². The molecule has 0 radical (unpaired) electrons. The number of nitrogens with zero attached hydrogens (tertiary/aromatic N) is 1. The van der Waals surface area contributed by atoms with Crippen molar-refractivity contribution in [1.82, 2.24) is 0 Å². The summed E-state index contributed by atoms with van der Waals surface area (Å²) in [4.78, 5) is 25.5. The maximum absolute atomic E-state index is 12.4. The van der Waals surface area contributed by atoms with Gasteiger partial charge in [0.15, 0.2) is 6.10 Å². The highest BCUT2D eigenvalue weighted by atomic mass is 32.1. The van der Waals surface area contributed by atoms with Gasteiger partial charge in [-0.3, -0.25) is 4.79 Å². The molecule has 0 saturated carbocycles. The first-order valence-corrected chi connectivity index (χ1v) is 9.07. The van der Waals surface area contributed by atoms with E-state index in [0.717, 1.165) is 11.3 Å². The van der Waals surface area contributed by atoms with Crippen LogP contribution < -0.4 is 10.1 Å². The molecule has 0 aliphatic heterocycles. The van der Waals surface area contributed by atoms with Crippen LogP contribution >= 0.6 is 11.3 Å². The average molecular weight is 372 g/mol. The Hall–Kier alpha value is -2.85.